The third kappa shape index (κ3) is 36.0. The molecule has 103 heavy (non-hydrogen) atoms. The Morgan fingerprint density at radius 3 is 1.19 bits per heavy atom. The van der Waals surface area contributed by atoms with Crippen LogP contribution >= 0.6 is 24.9 Å². The summed E-state index contributed by atoms with van der Waals surface area (Å²) in [6.07, 6.45) is 35.5. The molecular weight excluding hydrogens is 1730 g/mol. The van der Waals surface area contributed by atoms with Gasteiger partial charge in [-0.2, -0.15) is 20.4 Å². The van der Waals surface area contributed by atoms with E-state index in [4.69, 9.17) is 8.92 Å². The Bertz CT molecular complexity index is 3490. The smallest absolute Gasteiger partial charge is 0.406 e. The molecule has 0 saturated carbocycles. The van der Waals surface area contributed by atoms with Gasteiger partial charge >= 0.3 is 359 Å². The fraction of sp³-hybridized carbons (Fsp3) is 0.513. The van der Waals surface area contributed by atoms with Crippen LogP contribution < -0.4 is 35.0 Å². The maximum Gasteiger partial charge on any atom is 0.573 e. The zero-order valence-electron chi connectivity index (χ0n) is 62.8. The molecule has 1 aliphatic heterocycles. The molecule has 0 atom stereocenters. The Morgan fingerprint density at radius 1 is 0.466 bits per heavy atom. The summed E-state index contributed by atoms with van der Waals surface area (Å²) < 4.78 is 101. The number of rotatable bonds is 34. The molecule has 568 valence electrons. The first-order valence-corrected chi connectivity index (χ1v) is 62.5. The van der Waals surface area contributed by atoms with Gasteiger partial charge in [-0.15, -0.1) is 26.3 Å². The van der Waals surface area contributed by atoms with Gasteiger partial charge in [-0.3, -0.25) is 18.7 Å². The molecule has 0 unspecified atom stereocenters. The average molecular weight is 1840 g/mol. The number of aromatic nitrogens is 8. The van der Waals surface area contributed by atoms with E-state index >= 15 is 0 Å². The summed E-state index contributed by atoms with van der Waals surface area (Å²) in [5.41, 5.74) is 9.69. The standard InChI is InChI=1S/C17H12F3N3O2.C13H9BrF3NO2.C4H5N2.C4H4N2.C4H3N2.9C4H9.ClH.3Sn/c1-11-8-16(24)23(10-15(11)12-6-7-21-22-9-12)13-2-4-14(5-3-13)25-17(18,19)20;1-8-6-12(19)18(7-11(8)14)9-2-4-10(5-3-9)20-13(15,16)17;3*1-2-4-6-5-3-1;9*1-3-4-2;;;;/h2-10H,1H3;2-7H,1H3;1,3-6H;1-4H;1,3-4H;9*1,3-4H2,2H3;1H;;;/q;;;;;;;;;;;;;;;;;+1/p-1. The van der Waals surface area contributed by atoms with E-state index in [9.17, 15) is 35.9 Å². The third-order valence-corrected chi connectivity index (χ3v) is 64.5. The van der Waals surface area contributed by atoms with Crippen LogP contribution in [0.2, 0.25) is 39.9 Å². The van der Waals surface area contributed by atoms with Crippen molar-refractivity contribution in [2.24, 2.45) is 0 Å². The molecule has 0 radical (unpaired) electrons. The molecule has 0 spiro atoms. The molecule has 0 aliphatic carbocycles. The first-order valence-electron chi connectivity index (χ1n) is 37.0. The van der Waals surface area contributed by atoms with Gasteiger partial charge < -0.3 is 9.47 Å². The van der Waals surface area contributed by atoms with Crippen molar-refractivity contribution in [1.29, 1.82) is 0 Å². The molecule has 0 fully saturated rings. The van der Waals surface area contributed by atoms with E-state index in [1.165, 1.54) is 194 Å². The molecule has 0 saturated heterocycles. The number of pyridine rings is 2. The third-order valence-electron chi connectivity index (χ3n) is 18.0. The van der Waals surface area contributed by atoms with Crippen molar-refractivity contribution in [3.05, 3.63) is 193 Å². The molecule has 2 aromatic carbocycles. The normalized spacial score (nSPS) is 12.0. The Morgan fingerprint density at radius 2 is 0.845 bits per heavy atom. The molecule has 7 aromatic rings. The van der Waals surface area contributed by atoms with Crippen molar-refractivity contribution < 1.29 is 35.8 Å². The second kappa shape index (κ2) is 51.3. The van der Waals surface area contributed by atoms with Gasteiger partial charge in [0.2, 0.25) is 0 Å². The average Bonchev–Trinajstić information content (AvgIpc) is 0.816. The fourth-order valence-corrected chi connectivity index (χ4v) is 57.1. The first kappa shape index (κ1) is 92.2. The molecule has 0 bridgehead atoms. The molecule has 2 N–H and O–H groups in total. The number of unbranched alkanes of at least 4 members (excludes halogenated alkanes) is 9. The van der Waals surface area contributed by atoms with Gasteiger partial charge in [0.15, 0.2) is 0 Å². The van der Waals surface area contributed by atoms with E-state index in [0.29, 0.717) is 11.4 Å². The molecule has 25 heteroatoms. The van der Waals surface area contributed by atoms with Crippen LogP contribution in [0.5, 0.6) is 11.5 Å². The minimum Gasteiger partial charge on any atom is -0.406 e. The van der Waals surface area contributed by atoms with Crippen LogP contribution in [0.1, 0.15) is 189 Å². The van der Waals surface area contributed by atoms with Gasteiger partial charge in [-0.1, -0.05) is 0 Å². The number of benzene rings is 2. The summed E-state index contributed by atoms with van der Waals surface area (Å²) >= 11 is -3.14. The molecule has 14 nitrogen and oxygen atoms in total. The van der Waals surface area contributed by atoms with Crippen LogP contribution in [0.25, 0.3) is 22.5 Å². The number of ether oxygens (including phenoxy) is 2. The van der Waals surface area contributed by atoms with E-state index in [0.717, 1.165) is 51.0 Å². The Balaban J connectivity index is 0.000000331. The van der Waals surface area contributed by atoms with Crippen molar-refractivity contribution in [2.45, 2.75) is 244 Å². The Labute approximate surface area is 634 Å². The number of allylic oxidation sites excluding steroid dienone is 2. The number of nitrogens with zero attached hydrogens (tertiary/aromatic N) is 8. The summed E-state index contributed by atoms with van der Waals surface area (Å²) in [4.78, 5) is 24.1. The Kier molecular flexibility index (Phi) is 45.9. The van der Waals surface area contributed by atoms with E-state index in [2.05, 4.69) is 160 Å². The van der Waals surface area contributed by atoms with Crippen LogP contribution in [0.3, 0.4) is 0 Å². The predicted octanol–water partition coefficient (Wildman–Crippen LogP) is 22.8. The van der Waals surface area contributed by atoms with Crippen LogP contribution in [-0.2, 0) is 0 Å². The second-order valence-electron chi connectivity index (χ2n) is 26.2. The fourth-order valence-electron chi connectivity index (χ4n) is 12.1. The monoisotopic (exact) mass is 1840 g/mol. The number of aryl methyl sites for hydroxylation is 2. The number of hydrogen-bond donors (Lipinski definition) is 2. The largest absolute Gasteiger partial charge is 0.573 e. The van der Waals surface area contributed by atoms with Crippen molar-refractivity contribution in [3.63, 3.8) is 0 Å². The van der Waals surface area contributed by atoms with Crippen LogP contribution in [0.4, 0.5) is 26.3 Å². The number of halogens is 8. The number of nitrogens with one attached hydrogen (secondary N) is 2. The minimum atomic E-state index is -4.76. The van der Waals surface area contributed by atoms with Gasteiger partial charge in [0.1, 0.15) is 11.5 Å². The van der Waals surface area contributed by atoms with Crippen LogP contribution in [0, 0.1) is 13.8 Å². The molecule has 5 aromatic heterocycles. The molecule has 0 amide bonds. The maximum absolute atomic E-state index is 12.3. The van der Waals surface area contributed by atoms with Crippen molar-refractivity contribution in [3.8, 4) is 34.0 Å². The second-order valence-corrected chi connectivity index (χ2v) is 69.8. The van der Waals surface area contributed by atoms with Crippen molar-refractivity contribution in [1.82, 2.24) is 50.6 Å². The molecular formula is C78H114BrClF6N10O4Sn3. The van der Waals surface area contributed by atoms with Gasteiger partial charge in [-0.05, 0) is 108 Å². The quantitative estimate of drug-likeness (QED) is 0.0290. The van der Waals surface area contributed by atoms with Crippen molar-refractivity contribution >= 4 is 82.4 Å². The number of alkyl halides is 6. The van der Waals surface area contributed by atoms with Crippen LogP contribution in [0.15, 0.2) is 171 Å². The summed E-state index contributed by atoms with van der Waals surface area (Å²) in [6, 6.07) is 20.7. The van der Waals surface area contributed by atoms with E-state index in [1.807, 2.05) is 18.3 Å². The molecule has 8 rings (SSSR count). The van der Waals surface area contributed by atoms with Gasteiger partial charge in [0.05, 0.1) is 12.4 Å². The van der Waals surface area contributed by atoms with Crippen molar-refractivity contribution in [2.75, 3.05) is 0 Å². The maximum atomic E-state index is 12.3. The minimum absolute atomic E-state index is 0.268. The topological polar surface area (TPSA) is 164 Å². The number of hydrazine groups is 1. The summed E-state index contributed by atoms with van der Waals surface area (Å²) in [5.74, 6) is -0.685. The van der Waals surface area contributed by atoms with Gasteiger partial charge in [-0.25, -0.2) is 0 Å². The first-order chi connectivity index (χ1) is 49.3. The summed E-state index contributed by atoms with van der Waals surface area (Å²) in [5, 5.41) is 22.8. The predicted molar refractivity (Wildman–Crippen MR) is 423 cm³/mol. The van der Waals surface area contributed by atoms with E-state index in [-0.39, 0.29) is 22.6 Å². The summed E-state index contributed by atoms with van der Waals surface area (Å²) in [6.45, 7) is 24.4. The Hall–Kier alpha value is -4.99. The van der Waals surface area contributed by atoms with Gasteiger partial charge in [0, 0.05) is 63.9 Å². The zero-order valence-corrected chi connectivity index (χ0v) is 73.7. The number of hydrogen-bond acceptors (Lipinski definition) is 12. The van der Waals surface area contributed by atoms with E-state index < -0.39 is 66.7 Å². The summed E-state index contributed by atoms with van der Waals surface area (Å²) in [7, 11) is 6.89. The van der Waals surface area contributed by atoms with Crippen LogP contribution in [-0.4, -0.2) is 106 Å². The van der Waals surface area contributed by atoms with Gasteiger partial charge in [0.25, 0.3) is 11.1 Å². The molecule has 1 aliphatic rings. The molecule has 6 heterocycles. The zero-order chi connectivity index (χ0) is 76.0. The SMILES string of the molecule is CCC[CH2][Sn]([CH2]CCC)([CH2]CCC)[C]1=CNNC=C1.CCC[CH2][Sn]([CH2]CCC)([CH2]CCC)[c]1ccnnc1.CCC[CH2][Sn]([Cl])([CH2]CCC)[CH2]CCC.Cc1cc(=O)n(-c2ccc(OC(F)(F)F)cc2)cc1-c1ccnnc1.Cc1cc(=O)n(-c2ccc(OC(F)(F)F)cc2)cc1Br.c1ccnnc1. The van der Waals surface area contributed by atoms with E-state index in [1.54, 1.807) is 71.4 Å².